The summed E-state index contributed by atoms with van der Waals surface area (Å²) in [5, 5.41) is 7.95. The molecule has 7 nitrogen and oxygen atoms in total. The van der Waals surface area contributed by atoms with Crippen LogP contribution in [0.3, 0.4) is 0 Å². The number of likely N-dealkylation sites (tertiary alicyclic amines) is 1. The van der Waals surface area contributed by atoms with E-state index in [4.69, 9.17) is 11.6 Å². The lowest BCUT2D eigenvalue weighted by Gasteiger charge is -2.27. The Bertz CT molecular complexity index is 874. The number of benzene rings is 1. The number of nitrogens with zero attached hydrogens (tertiary/aromatic N) is 4. The summed E-state index contributed by atoms with van der Waals surface area (Å²) < 4.78 is 1.64. The van der Waals surface area contributed by atoms with Gasteiger partial charge in [-0.3, -0.25) is 14.3 Å². The number of fused-ring (bicyclic) bond motifs is 1. The molecule has 0 radical (unpaired) electrons. The molecule has 154 valence electrons. The standard InChI is InChI=1S/C21H26ClN5O2/c22-17-6-4-16(5-7-17)15-26-12-13-27-19(21(26)29)14-18(24-27)20(28)23-8-11-25-9-2-1-3-10-25/h4-7,14H,1-3,8-13,15H2,(H,23,28). The fraction of sp³-hybridized carbons (Fsp3) is 0.476. The third-order valence-corrected chi connectivity index (χ3v) is 5.80. The lowest BCUT2D eigenvalue weighted by Crippen LogP contribution is -2.39. The number of hydrogen-bond donors (Lipinski definition) is 1. The Balaban J connectivity index is 1.34. The summed E-state index contributed by atoms with van der Waals surface area (Å²) in [6, 6.07) is 9.09. The normalized spacial score (nSPS) is 17.3. The Morgan fingerprint density at radius 2 is 1.83 bits per heavy atom. The molecule has 1 aromatic carbocycles. The van der Waals surface area contributed by atoms with Gasteiger partial charge in [-0.15, -0.1) is 0 Å². The van der Waals surface area contributed by atoms with Crippen molar-refractivity contribution in [1.29, 1.82) is 0 Å². The van der Waals surface area contributed by atoms with Gasteiger partial charge < -0.3 is 15.1 Å². The van der Waals surface area contributed by atoms with Gasteiger partial charge >= 0.3 is 0 Å². The zero-order chi connectivity index (χ0) is 20.2. The van der Waals surface area contributed by atoms with Gasteiger partial charge in [0, 0.05) is 37.3 Å². The second kappa shape index (κ2) is 8.97. The summed E-state index contributed by atoms with van der Waals surface area (Å²) in [6.45, 7) is 5.31. The van der Waals surface area contributed by atoms with Crippen molar-refractivity contribution in [2.45, 2.75) is 32.4 Å². The molecule has 29 heavy (non-hydrogen) atoms. The van der Waals surface area contributed by atoms with Gasteiger partial charge in [0.25, 0.3) is 11.8 Å². The van der Waals surface area contributed by atoms with Gasteiger partial charge in [0.05, 0.1) is 6.54 Å². The van der Waals surface area contributed by atoms with Gasteiger partial charge in [0.2, 0.25) is 0 Å². The van der Waals surface area contributed by atoms with Gasteiger partial charge in [-0.2, -0.15) is 5.10 Å². The number of carbonyl (C=O) groups excluding carboxylic acids is 2. The number of aromatic nitrogens is 2. The van der Waals surface area contributed by atoms with E-state index in [1.54, 1.807) is 15.6 Å². The average Bonchev–Trinajstić information content (AvgIpc) is 3.18. The molecule has 1 aromatic heterocycles. The first kappa shape index (κ1) is 19.9. The summed E-state index contributed by atoms with van der Waals surface area (Å²) in [6.07, 6.45) is 3.76. The number of piperidine rings is 1. The number of rotatable bonds is 6. The molecule has 0 bridgehead atoms. The predicted molar refractivity (Wildman–Crippen MR) is 111 cm³/mol. The van der Waals surface area contributed by atoms with Crippen LogP contribution in [0.5, 0.6) is 0 Å². The van der Waals surface area contributed by atoms with Crippen LogP contribution in [0, 0.1) is 0 Å². The van der Waals surface area contributed by atoms with E-state index in [0.29, 0.717) is 42.6 Å². The minimum Gasteiger partial charge on any atom is -0.349 e. The third-order valence-electron chi connectivity index (χ3n) is 5.55. The van der Waals surface area contributed by atoms with Gasteiger partial charge in [0.1, 0.15) is 5.69 Å². The molecule has 2 aromatic rings. The smallest absolute Gasteiger partial charge is 0.272 e. The Morgan fingerprint density at radius 3 is 2.59 bits per heavy atom. The molecule has 2 aliphatic heterocycles. The predicted octanol–water partition coefficient (Wildman–Crippen LogP) is 2.41. The second-order valence-electron chi connectivity index (χ2n) is 7.65. The number of hydrogen-bond acceptors (Lipinski definition) is 4. The summed E-state index contributed by atoms with van der Waals surface area (Å²) >= 11 is 5.93. The maximum absolute atomic E-state index is 12.8. The van der Waals surface area contributed by atoms with Crippen molar-refractivity contribution >= 4 is 23.4 Å². The minimum atomic E-state index is -0.221. The first-order chi connectivity index (χ1) is 14.1. The molecule has 0 aliphatic carbocycles. The Labute approximate surface area is 175 Å². The summed E-state index contributed by atoms with van der Waals surface area (Å²) in [5.41, 5.74) is 1.79. The SMILES string of the molecule is O=C(NCCN1CCCCC1)c1cc2n(n1)CCN(Cc1ccc(Cl)cc1)C2=O. The summed E-state index contributed by atoms with van der Waals surface area (Å²) in [4.78, 5) is 29.5. The topological polar surface area (TPSA) is 70.5 Å². The lowest BCUT2D eigenvalue weighted by molar-refractivity contribution is 0.0683. The van der Waals surface area contributed by atoms with Crippen LogP contribution in [0.25, 0.3) is 0 Å². The Hall–Kier alpha value is -2.38. The molecular formula is C21H26ClN5O2. The van der Waals surface area contributed by atoms with Crippen LogP contribution in [0.1, 0.15) is 45.8 Å². The van der Waals surface area contributed by atoms with E-state index >= 15 is 0 Å². The zero-order valence-corrected chi connectivity index (χ0v) is 17.2. The highest BCUT2D eigenvalue weighted by molar-refractivity contribution is 6.30. The monoisotopic (exact) mass is 415 g/mol. The lowest BCUT2D eigenvalue weighted by atomic mass is 10.1. The Kier molecular flexibility index (Phi) is 6.16. The molecule has 0 spiro atoms. The van der Waals surface area contributed by atoms with Crippen LogP contribution in [-0.2, 0) is 13.1 Å². The van der Waals surface area contributed by atoms with Gasteiger partial charge in [-0.05, 0) is 43.6 Å². The van der Waals surface area contributed by atoms with Crippen molar-refractivity contribution in [3.8, 4) is 0 Å². The van der Waals surface area contributed by atoms with E-state index in [0.717, 1.165) is 25.2 Å². The van der Waals surface area contributed by atoms with Crippen LogP contribution in [-0.4, -0.2) is 64.1 Å². The molecule has 1 fully saturated rings. The molecule has 2 aliphatic rings. The van der Waals surface area contributed by atoms with E-state index in [2.05, 4.69) is 15.3 Å². The number of carbonyl (C=O) groups is 2. The highest BCUT2D eigenvalue weighted by Crippen LogP contribution is 2.18. The summed E-state index contributed by atoms with van der Waals surface area (Å²) in [7, 11) is 0. The average molecular weight is 416 g/mol. The maximum atomic E-state index is 12.8. The van der Waals surface area contributed by atoms with Crippen molar-refractivity contribution in [3.05, 3.63) is 52.3 Å². The van der Waals surface area contributed by atoms with Crippen LogP contribution in [0.2, 0.25) is 5.02 Å². The van der Waals surface area contributed by atoms with E-state index < -0.39 is 0 Å². The molecule has 1 saturated heterocycles. The van der Waals surface area contributed by atoms with E-state index in [1.165, 1.54) is 19.3 Å². The van der Waals surface area contributed by atoms with Gasteiger partial charge in [-0.25, -0.2) is 0 Å². The molecule has 0 saturated carbocycles. The van der Waals surface area contributed by atoms with Crippen molar-refractivity contribution in [2.75, 3.05) is 32.7 Å². The largest absolute Gasteiger partial charge is 0.349 e. The van der Waals surface area contributed by atoms with E-state index in [1.807, 2.05) is 24.3 Å². The van der Waals surface area contributed by atoms with Crippen molar-refractivity contribution in [1.82, 2.24) is 24.9 Å². The first-order valence-electron chi connectivity index (χ1n) is 10.2. The van der Waals surface area contributed by atoms with Crippen LogP contribution in [0.15, 0.2) is 30.3 Å². The molecule has 3 heterocycles. The first-order valence-corrected chi connectivity index (χ1v) is 10.6. The molecule has 2 amide bonds. The van der Waals surface area contributed by atoms with Crippen LogP contribution < -0.4 is 5.32 Å². The number of nitrogens with one attached hydrogen (secondary N) is 1. The van der Waals surface area contributed by atoms with Crippen LogP contribution in [0.4, 0.5) is 0 Å². The van der Waals surface area contributed by atoms with Crippen LogP contribution >= 0.6 is 11.6 Å². The maximum Gasteiger partial charge on any atom is 0.272 e. The van der Waals surface area contributed by atoms with Crippen molar-refractivity contribution < 1.29 is 9.59 Å². The van der Waals surface area contributed by atoms with Gasteiger partial charge in [0.15, 0.2) is 5.69 Å². The zero-order valence-electron chi connectivity index (χ0n) is 16.4. The van der Waals surface area contributed by atoms with Gasteiger partial charge in [-0.1, -0.05) is 30.2 Å². The Morgan fingerprint density at radius 1 is 1.07 bits per heavy atom. The highest BCUT2D eigenvalue weighted by Gasteiger charge is 2.28. The second-order valence-corrected chi connectivity index (χ2v) is 8.09. The third kappa shape index (κ3) is 4.79. The fourth-order valence-corrected chi connectivity index (χ4v) is 4.04. The molecular weight excluding hydrogens is 390 g/mol. The molecule has 4 rings (SSSR count). The quantitative estimate of drug-likeness (QED) is 0.786. The molecule has 8 heteroatoms. The van der Waals surface area contributed by atoms with E-state index in [9.17, 15) is 9.59 Å². The van der Waals surface area contributed by atoms with E-state index in [-0.39, 0.29) is 11.8 Å². The summed E-state index contributed by atoms with van der Waals surface area (Å²) in [5.74, 6) is -0.327. The van der Waals surface area contributed by atoms with Crippen molar-refractivity contribution in [2.24, 2.45) is 0 Å². The molecule has 0 atom stereocenters. The fourth-order valence-electron chi connectivity index (χ4n) is 3.91. The highest BCUT2D eigenvalue weighted by atomic mass is 35.5. The number of amides is 2. The number of halogens is 1. The molecule has 0 unspecified atom stereocenters. The minimum absolute atomic E-state index is 0.105. The van der Waals surface area contributed by atoms with Crippen molar-refractivity contribution in [3.63, 3.8) is 0 Å². The molecule has 1 N–H and O–H groups in total.